The Morgan fingerprint density at radius 2 is 2.40 bits per heavy atom. The number of nitrogens with two attached hydrogens (primary N) is 1. The van der Waals surface area contributed by atoms with Crippen molar-refractivity contribution in [3.05, 3.63) is 34.9 Å². The molecule has 4 heteroatoms. The van der Waals surface area contributed by atoms with Crippen LogP contribution in [0.4, 0.5) is 0 Å². The van der Waals surface area contributed by atoms with Crippen molar-refractivity contribution in [1.82, 2.24) is 5.32 Å². The van der Waals surface area contributed by atoms with E-state index in [9.17, 15) is 0 Å². The Labute approximate surface area is 94.3 Å². The molecule has 0 bridgehead atoms. The number of guanidine groups is 1. The fraction of sp³-hybridized carbons (Fsp3) is 0.364. The third-order valence-corrected chi connectivity index (χ3v) is 2.88. The third kappa shape index (κ3) is 2.42. The number of nitrogens with zero attached hydrogens (tertiary/aromatic N) is 1. The van der Waals surface area contributed by atoms with E-state index in [1.54, 1.807) is 7.05 Å². The number of benzene rings is 1. The normalized spacial score (nSPS) is 25.1. The Hall–Kier alpha value is -1.22. The summed E-state index contributed by atoms with van der Waals surface area (Å²) in [6.07, 6.45) is 1.09. The number of hydrogen-bond acceptors (Lipinski definition) is 1. The molecular formula is C11H14ClN3. The van der Waals surface area contributed by atoms with Gasteiger partial charge >= 0.3 is 0 Å². The predicted molar refractivity (Wildman–Crippen MR) is 63.3 cm³/mol. The molecule has 0 aromatic heterocycles. The van der Waals surface area contributed by atoms with E-state index in [-0.39, 0.29) is 0 Å². The zero-order valence-electron chi connectivity index (χ0n) is 8.57. The van der Waals surface area contributed by atoms with E-state index >= 15 is 0 Å². The van der Waals surface area contributed by atoms with Gasteiger partial charge in [0.15, 0.2) is 5.96 Å². The van der Waals surface area contributed by atoms with E-state index < -0.39 is 0 Å². The molecule has 2 atom stereocenters. The number of rotatable bonds is 2. The molecule has 1 fully saturated rings. The lowest BCUT2D eigenvalue weighted by Gasteiger charge is -2.04. The number of halogens is 1. The number of aliphatic imine (C=N–C) groups is 1. The molecule has 1 aromatic rings. The smallest absolute Gasteiger partial charge is 0.188 e. The molecular weight excluding hydrogens is 210 g/mol. The summed E-state index contributed by atoms with van der Waals surface area (Å²) < 4.78 is 0. The largest absolute Gasteiger partial charge is 0.370 e. The Morgan fingerprint density at radius 1 is 1.60 bits per heavy atom. The molecule has 1 aliphatic rings. The summed E-state index contributed by atoms with van der Waals surface area (Å²) in [7, 11) is 1.68. The first-order chi connectivity index (χ1) is 7.20. The highest BCUT2D eigenvalue weighted by Crippen LogP contribution is 2.41. The first-order valence-electron chi connectivity index (χ1n) is 4.95. The first kappa shape index (κ1) is 10.3. The lowest BCUT2D eigenvalue weighted by atomic mass is 10.1. The van der Waals surface area contributed by atoms with Crippen molar-refractivity contribution in [1.29, 1.82) is 0 Å². The molecule has 0 amide bonds. The molecule has 1 aromatic carbocycles. The van der Waals surface area contributed by atoms with Crippen LogP contribution in [-0.2, 0) is 0 Å². The van der Waals surface area contributed by atoms with Crippen molar-refractivity contribution in [3.8, 4) is 0 Å². The van der Waals surface area contributed by atoms with Gasteiger partial charge in [0.2, 0.25) is 0 Å². The Bertz CT molecular complexity index is 389. The van der Waals surface area contributed by atoms with Crippen LogP contribution in [0.1, 0.15) is 17.9 Å². The van der Waals surface area contributed by atoms with E-state index in [1.165, 1.54) is 5.56 Å². The quantitative estimate of drug-likeness (QED) is 0.593. The van der Waals surface area contributed by atoms with Gasteiger partial charge in [-0.2, -0.15) is 0 Å². The van der Waals surface area contributed by atoms with Crippen molar-refractivity contribution in [2.75, 3.05) is 7.05 Å². The van der Waals surface area contributed by atoms with Crippen LogP contribution in [0.15, 0.2) is 29.3 Å². The van der Waals surface area contributed by atoms with Crippen molar-refractivity contribution < 1.29 is 0 Å². The molecule has 1 aliphatic carbocycles. The van der Waals surface area contributed by atoms with Gasteiger partial charge in [-0.15, -0.1) is 0 Å². The van der Waals surface area contributed by atoms with E-state index in [0.29, 0.717) is 17.9 Å². The maximum atomic E-state index is 5.93. The van der Waals surface area contributed by atoms with Crippen molar-refractivity contribution in [2.45, 2.75) is 18.4 Å². The highest BCUT2D eigenvalue weighted by atomic mass is 35.5. The van der Waals surface area contributed by atoms with Crippen LogP contribution in [0.3, 0.4) is 0 Å². The Balaban J connectivity index is 1.99. The fourth-order valence-corrected chi connectivity index (χ4v) is 1.91. The average molecular weight is 224 g/mol. The van der Waals surface area contributed by atoms with Crippen LogP contribution < -0.4 is 11.1 Å². The predicted octanol–water partition coefficient (Wildman–Crippen LogP) is 1.73. The summed E-state index contributed by atoms with van der Waals surface area (Å²) >= 11 is 5.93. The fourth-order valence-electron chi connectivity index (χ4n) is 1.71. The highest BCUT2D eigenvalue weighted by Gasteiger charge is 2.38. The minimum Gasteiger partial charge on any atom is -0.370 e. The Kier molecular flexibility index (Phi) is 2.82. The van der Waals surface area contributed by atoms with Gasteiger partial charge in [-0.1, -0.05) is 23.7 Å². The van der Waals surface area contributed by atoms with Gasteiger partial charge in [0.25, 0.3) is 0 Å². The van der Waals surface area contributed by atoms with Gasteiger partial charge in [-0.05, 0) is 24.1 Å². The van der Waals surface area contributed by atoms with Crippen molar-refractivity contribution >= 4 is 17.6 Å². The SMILES string of the molecule is CN=C(N)NC1CC1c1cccc(Cl)c1. The maximum absolute atomic E-state index is 5.93. The van der Waals surface area contributed by atoms with E-state index in [1.807, 2.05) is 18.2 Å². The standard InChI is InChI=1S/C11H14ClN3/c1-14-11(13)15-10-6-9(10)7-3-2-4-8(12)5-7/h2-5,9-10H,6H2,1H3,(H3,13,14,15). The molecule has 80 valence electrons. The summed E-state index contributed by atoms with van der Waals surface area (Å²) in [4.78, 5) is 3.87. The number of nitrogens with one attached hydrogen (secondary N) is 1. The van der Waals surface area contributed by atoms with E-state index in [4.69, 9.17) is 17.3 Å². The molecule has 3 nitrogen and oxygen atoms in total. The third-order valence-electron chi connectivity index (χ3n) is 2.64. The van der Waals surface area contributed by atoms with Crippen LogP contribution in [0, 0.1) is 0 Å². The first-order valence-corrected chi connectivity index (χ1v) is 5.32. The summed E-state index contributed by atoms with van der Waals surface area (Å²) in [5, 5.41) is 3.94. The van der Waals surface area contributed by atoms with Crippen molar-refractivity contribution in [3.63, 3.8) is 0 Å². The summed E-state index contributed by atoms with van der Waals surface area (Å²) in [5.41, 5.74) is 6.86. The van der Waals surface area contributed by atoms with Crippen LogP contribution in [0.5, 0.6) is 0 Å². The monoisotopic (exact) mass is 223 g/mol. The minimum atomic E-state index is 0.409. The molecule has 0 heterocycles. The topological polar surface area (TPSA) is 50.4 Å². The van der Waals surface area contributed by atoms with Crippen LogP contribution in [-0.4, -0.2) is 19.0 Å². The van der Waals surface area contributed by atoms with Crippen LogP contribution >= 0.6 is 11.6 Å². The number of hydrogen-bond donors (Lipinski definition) is 2. The van der Waals surface area contributed by atoms with Gasteiger partial charge in [0.05, 0.1) is 0 Å². The minimum absolute atomic E-state index is 0.409. The lowest BCUT2D eigenvalue weighted by molar-refractivity contribution is 0.857. The average Bonchev–Trinajstić information content (AvgIpc) is 2.97. The summed E-state index contributed by atoms with van der Waals surface area (Å²) in [6, 6.07) is 8.37. The second-order valence-electron chi connectivity index (χ2n) is 3.76. The molecule has 0 spiro atoms. The van der Waals surface area contributed by atoms with Gasteiger partial charge < -0.3 is 11.1 Å². The van der Waals surface area contributed by atoms with Crippen LogP contribution in [0.25, 0.3) is 0 Å². The van der Waals surface area contributed by atoms with E-state index in [0.717, 1.165) is 11.4 Å². The van der Waals surface area contributed by atoms with Gasteiger partial charge in [0.1, 0.15) is 0 Å². The van der Waals surface area contributed by atoms with Gasteiger partial charge in [-0.25, -0.2) is 0 Å². The maximum Gasteiger partial charge on any atom is 0.188 e. The van der Waals surface area contributed by atoms with Crippen molar-refractivity contribution in [2.24, 2.45) is 10.7 Å². The molecule has 3 N–H and O–H groups in total. The van der Waals surface area contributed by atoms with E-state index in [2.05, 4.69) is 16.4 Å². The second-order valence-corrected chi connectivity index (χ2v) is 4.19. The summed E-state index contributed by atoms with van der Waals surface area (Å²) in [6.45, 7) is 0. The van der Waals surface area contributed by atoms with Gasteiger partial charge in [0, 0.05) is 24.0 Å². The molecule has 0 saturated heterocycles. The molecule has 0 aliphatic heterocycles. The summed E-state index contributed by atoms with van der Waals surface area (Å²) in [5.74, 6) is 1.02. The second kappa shape index (κ2) is 4.11. The lowest BCUT2D eigenvalue weighted by Crippen LogP contribution is -2.33. The molecule has 1 saturated carbocycles. The molecule has 2 rings (SSSR count). The molecule has 0 radical (unpaired) electrons. The molecule has 2 unspecified atom stereocenters. The Morgan fingerprint density at radius 3 is 3.07 bits per heavy atom. The zero-order valence-corrected chi connectivity index (χ0v) is 9.33. The van der Waals surface area contributed by atoms with Crippen LogP contribution in [0.2, 0.25) is 5.02 Å². The highest BCUT2D eigenvalue weighted by molar-refractivity contribution is 6.30. The zero-order chi connectivity index (χ0) is 10.8. The van der Waals surface area contributed by atoms with Gasteiger partial charge in [-0.3, -0.25) is 4.99 Å². The molecule has 15 heavy (non-hydrogen) atoms.